The second kappa shape index (κ2) is 5.88. The van der Waals surface area contributed by atoms with Crippen LogP contribution >= 0.6 is 11.6 Å². The van der Waals surface area contributed by atoms with Crippen LogP contribution in [0, 0.1) is 11.8 Å². The highest BCUT2D eigenvalue weighted by Crippen LogP contribution is 2.36. The van der Waals surface area contributed by atoms with E-state index in [1.807, 2.05) is 0 Å². The van der Waals surface area contributed by atoms with E-state index in [2.05, 4.69) is 0 Å². The molecule has 21 heavy (non-hydrogen) atoms. The first-order valence-corrected chi connectivity index (χ1v) is 9.22. The Hall–Kier alpha value is -0.620. The van der Waals surface area contributed by atoms with Gasteiger partial charge in [0, 0.05) is 18.1 Å². The minimum absolute atomic E-state index is 0.187. The summed E-state index contributed by atoms with van der Waals surface area (Å²) in [5, 5.41) is 9.43. The zero-order valence-electron chi connectivity index (χ0n) is 11.8. The van der Waals surface area contributed by atoms with Gasteiger partial charge in [-0.05, 0) is 55.2 Å². The fourth-order valence-corrected chi connectivity index (χ4v) is 4.34. The summed E-state index contributed by atoms with van der Waals surface area (Å²) < 4.78 is 27.3. The molecule has 0 atom stereocenters. The van der Waals surface area contributed by atoms with Crippen molar-refractivity contribution in [1.82, 2.24) is 4.31 Å². The van der Waals surface area contributed by atoms with Gasteiger partial charge in [-0.3, -0.25) is 0 Å². The van der Waals surface area contributed by atoms with Gasteiger partial charge in [-0.2, -0.15) is 4.31 Å². The van der Waals surface area contributed by atoms with Crippen LogP contribution in [0.3, 0.4) is 0 Å². The third-order valence-corrected chi connectivity index (χ3v) is 6.33. The predicted molar refractivity (Wildman–Crippen MR) is 81.6 cm³/mol. The SMILES string of the molecule is O=S(=O)(c1ccc(CO)c(Cl)c1)N(CC1CC1)CC1CC1. The molecule has 1 aromatic carbocycles. The molecule has 2 aliphatic rings. The minimum atomic E-state index is -3.49. The molecule has 0 aliphatic heterocycles. The number of sulfonamides is 1. The second-order valence-electron chi connectivity index (χ2n) is 6.12. The molecular formula is C15H20ClNO3S. The highest BCUT2D eigenvalue weighted by atomic mass is 35.5. The Kier molecular flexibility index (Phi) is 4.28. The van der Waals surface area contributed by atoms with Crippen molar-refractivity contribution in [2.45, 2.75) is 37.2 Å². The number of hydrogen-bond acceptors (Lipinski definition) is 3. The lowest BCUT2D eigenvalue weighted by Crippen LogP contribution is -2.34. The lowest BCUT2D eigenvalue weighted by atomic mass is 10.2. The molecule has 1 N–H and O–H groups in total. The summed E-state index contributed by atoms with van der Waals surface area (Å²) in [6.45, 7) is 1.06. The van der Waals surface area contributed by atoms with Crippen LogP contribution < -0.4 is 0 Å². The second-order valence-corrected chi connectivity index (χ2v) is 8.47. The number of rotatable bonds is 7. The Morgan fingerprint density at radius 1 is 1.14 bits per heavy atom. The standard InChI is InChI=1S/C15H20ClNO3S/c16-15-7-14(6-5-13(15)10-18)21(19,20)17(8-11-1-2-11)9-12-3-4-12/h5-7,11-12,18H,1-4,8-10H2. The van der Waals surface area contributed by atoms with Crippen LogP contribution in [0.4, 0.5) is 0 Å². The van der Waals surface area contributed by atoms with Crippen molar-refractivity contribution in [1.29, 1.82) is 0 Å². The van der Waals surface area contributed by atoms with Crippen LogP contribution in [0.25, 0.3) is 0 Å². The monoisotopic (exact) mass is 329 g/mol. The summed E-state index contributed by atoms with van der Waals surface area (Å²) in [6, 6.07) is 4.58. The molecule has 116 valence electrons. The minimum Gasteiger partial charge on any atom is -0.392 e. The topological polar surface area (TPSA) is 57.6 Å². The molecule has 0 spiro atoms. The number of nitrogens with zero attached hydrogens (tertiary/aromatic N) is 1. The molecule has 0 aromatic heterocycles. The third-order valence-electron chi connectivity index (χ3n) is 4.15. The molecule has 4 nitrogen and oxygen atoms in total. The number of benzene rings is 1. The van der Waals surface area contributed by atoms with Crippen LogP contribution in [0.1, 0.15) is 31.2 Å². The number of hydrogen-bond donors (Lipinski definition) is 1. The lowest BCUT2D eigenvalue weighted by molar-refractivity contribution is 0.282. The summed E-state index contributed by atoms with van der Waals surface area (Å²) in [4.78, 5) is 0.228. The van der Waals surface area contributed by atoms with Gasteiger partial charge in [-0.1, -0.05) is 17.7 Å². The molecule has 2 saturated carbocycles. The average molecular weight is 330 g/mol. The predicted octanol–water partition coefficient (Wildman–Crippen LogP) is 2.64. The molecule has 0 heterocycles. The molecular weight excluding hydrogens is 310 g/mol. The zero-order chi connectivity index (χ0) is 15.0. The Morgan fingerprint density at radius 3 is 2.14 bits per heavy atom. The number of halogens is 1. The molecule has 0 bridgehead atoms. The van der Waals surface area contributed by atoms with Gasteiger partial charge in [0.25, 0.3) is 0 Å². The Labute approximate surface area is 130 Å². The average Bonchev–Trinajstić information content (AvgIpc) is 3.33. The molecule has 6 heteroatoms. The third kappa shape index (κ3) is 3.59. The Bertz CT molecular complexity index is 610. The number of aliphatic hydroxyl groups is 1. The zero-order valence-corrected chi connectivity index (χ0v) is 13.4. The fourth-order valence-electron chi connectivity index (χ4n) is 2.41. The van der Waals surface area contributed by atoms with Crippen molar-refractivity contribution >= 4 is 21.6 Å². The van der Waals surface area contributed by atoms with E-state index in [1.165, 1.54) is 6.07 Å². The molecule has 1 aromatic rings. The first-order valence-electron chi connectivity index (χ1n) is 7.40. The maximum absolute atomic E-state index is 12.8. The van der Waals surface area contributed by atoms with Crippen molar-refractivity contribution in [3.8, 4) is 0 Å². The van der Waals surface area contributed by atoms with E-state index in [9.17, 15) is 8.42 Å². The maximum atomic E-state index is 12.8. The van der Waals surface area contributed by atoms with Gasteiger partial charge in [0.05, 0.1) is 11.5 Å². The summed E-state index contributed by atoms with van der Waals surface area (Å²) in [5.74, 6) is 1.04. The van der Waals surface area contributed by atoms with Gasteiger partial charge in [0.2, 0.25) is 10.0 Å². The van der Waals surface area contributed by atoms with Gasteiger partial charge in [0.1, 0.15) is 0 Å². The van der Waals surface area contributed by atoms with Gasteiger partial charge >= 0.3 is 0 Å². The van der Waals surface area contributed by atoms with Gasteiger partial charge < -0.3 is 5.11 Å². The molecule has 0 unspecified atom stereocenters. The van der Waals surface area contributed by atoms with E-state index in [0.29, 0.717) is 35.5 Å². The highest BCUT2D eigenvalue weighted by molar-refractivity contribution is 7.89. The van der Waals surface area contributed by atoms with Crippen LogP contribution in [-0.4, -0.2) is 30.9 Å². The fraction of sp³-hybridized carbons (Fsp3) is 0.600. The molecule has 2 fully saturated rings. The van der Waals surface area contributed by atoms with E-state index < -0.39 is 10.0 Å². The highest BCUT2D eigenvalue weighted by Gasteiger charge is 2.35. The smallest absolute Gasteiger partial charge is 0.243 e. The largest absolute Gasteiger partial charge is 0.392 e. The van der Waals surface area contributed by atoms with Crippen molar-refractivity contribution in [3.63, 3.8) is 0 Å². The van der Waals surface area contributed by atoms with Crippen molar-refractivity contribution in [3.05, 3.63) is 28.8 Å². The Morgan fingerprint density at radius 2 is 1.71 bits per heavy atom. The summed E-state index contributed by atoms with van der Waals surface area (Å²) >= 11 is 6.03. The van der Waals surface area contributed by atoms with Gasteiger partial charge in [-0.15, -0.1) is 0 Å². The van der Waals surface area contributed by atoms with Crippen LogP contribution in [0.2, 0.25) is 5.02 Å². The maximum Gasteiger partial charge on any atom is 0.243 e. The molecule has 3 rings (SSSR count). The van der Waals surface area contributed by atoms with Crippen molar-refractivity contribution < 1.29 is 13.5 Å². The van der Waals surface area contributed by atoms with Crippen LogP contribution in [-0.2, 0) is 16.6 Å². The summed E-state index contributed by atoms with van der Waals surface area (Å²) in [5.41, 5.74) is 0.548. The van der Waals surface area contributed by atoms with Gasteiger partial charge in [0.15, 0.2) is 0 Å². The van der Waals surface area contributed by atoms with Gasteiger partial charge in [-0.25, -0.2) is 8.42 Å². The van der Waals surface area contributed by atoms with E-state index in [-0.39, 0.29) is 11.5 Å². The van der Waals surface area contributed by atoms with Crippen LogP contribution in [0.5, 0.6) is 0 Å². The van der Waals surface area contributed by atoms with Crippen molar-refractivity contribution in [2.24, 2.45) is 11.8 Å². The molecule has 0 amide bonds. The quantitative estimate of drug-likeness (QED) is 0.836. The molecule has 2 aliphatic carbocycles. The van der Waals surface area contributed by atoms with Crippen LogP contribution in [0.15, 0.2) is 23.1 Å². The van der Waals surface area contributed by atoms with E-state index in [0.717, 1.165) is 25.7 Å². The first-order chi connectivity index (χ1) is 10.0. The number of aliphatic hydroxyl groups excluding tert-OH is 1. The molecule has 0 radical (unpaired) electrons. The van der Waals surface area contributed by atoms with E-state index >= 15 is 0 Å². The van der Waals surface area contributed by atoms with E-state index in [1.54, 1.807) is 16.4 Å². The summed E-state index contributed by atoms with van der Waals surface area (Å²) in [7, 11) is -3.49. The summed E-state index contributed by atoms with van der Waals surface area (Å²) in [6.07, 6.45) is 4.50. The Balaban J connectivity index is 1.86. The molecule has 0 saturated heterocycles. The normalized spacial score (nSPS) is 19.2. The first kappa shape index (κ1) is 15.3. The van der Waals surface area contributed by atoms with E-state index in [4.69, 9.17) is 16.7 Å². The lowest BCUT2D eigenvalue weighted by Gasteiger charge is -2.22. The van der Waals surface area contributed by atoms with Crippen molar-refractivity contribution in [2.75, 3.05) is 13.1 Å².